The Balaban J connectivity index is 1.91. The van der Waals surface area contributed by atoms with Crippen molar-refractivity contribution in [1.82, 2.24) is 5.16 Å². The van der Waals surface area contributed by atoms with Crippen LogP contribution in [0.3, 0.4) is 0 Å². The van der Waals surface area contributed by atoms with Crippen molar-refractivity contribution in [3.8, 4) is 17.1 Å². The normalized spacial score (nSPS) is 10.8. The first-order valence-electron chi connectivity index (χ1n) is 6.66. The number of halogens is 5. The zero-order valence-corrected chi connectivity index (χ0v) is 12.0. The van der Waals surface area contributed by atoms with E-state index in [4.69, 9.17) is 4.52 Å². The van der Waals surface area contributed by atoms with E-state index in [9.17, 15) is 26.7 Å². The van der Waals surface area contributed by atoms with Crippen molar-refractivity contribution in [2.45, 2.75) is 0 Å². The quantitative estimate of drug-likeness (QED) is 0.232. The molecule has 1 aromatic heterocycles. The van der Waals surface area contributed by atoms with Gasteiger partial charge >= 0.3 is 5.97 Å². The highest BCUT2D eigenvalue weighted by Gasteiger charge is 2.29. The van der Waals surface area contributed by atoms with Crippen molar-refractivity contribution in [1.29, 1.82) is 0 Å². The van der Waals surface area contributed by atoms with Crippen LogP contribution in [-0.2, 0) is 0 Å². The van der Waals surface area contributed by atoms with E-state index in [0.29, 0.717) is 5.56 Å². The summed E-state index contributed by atoms with van der Waals surface area (Å²) >= 11 is 0. The molecule has 0 spiro atoms. The van der Waals surface area contributed by atoms with Crippen molar-refractivity contribution >= 4 is 5.97 Å². The van der Waals surface area contributed by atoms with Gasteiger partial charge in [0.1, 0.15) is 0 Å². The zero-order chi connectivity index (χ0) is 18.1. The molecule has 0 atom stereocenters. The Hall–Kier alpha value is -3.23. The first-order valence-corrected chi connectivity index (χ1v) is 6.66. The lowest BCUT2D eigenvalue weighted by molar-refractivity contribution is 0.0705. The SMILES string of the molecule is O=C(Oc1c(F)c(F)c(F)c(F)c1F)c1cc(-c2ccccc2)on1. The highest BCUT2D eigenvalue weighted by atomic mass is 19.2. The third kappa shape index (κ3) is 2.95. The molecular weight excluding hydrogens is 349 g/mol. The highest BCUT2D eigenvalue weighted by Crippen LogP contribution is 2.30. The fourth-order valence-corrected chi connectivity index (χ4v) is 1.93. The van der Waals surface area contributed by atoms with Crippen LogP contribution < -0.4 is 4.74 Å². The molecule has 0 bridgehead atoms. The number of rotatable bonds is 3. The lowest BCUT2D eigenvalue weighted by atomic mass is 10.2. The Morgan fingerprint density at radius 2 is 1.44 bits per heavy atom. The third-order valence-electron chi connectivity index (χ3n) is 3.14. The van der Waals surface area contributed by atoms with Crippen LogP contribution in [0.5, 0.6) is 5.75 Å². The standard InChI is InChI=1S/C16H6F5NO3/c17-10-11(18)13(20)15(14(21)12(10)19)24-16(23)8-6-9(25-22-8)7-4-2-1-3-5-7/h1-6H. The molecule has 1 heterocycles. The van der Waals surface area contributed by atoms with Gasteiger partial charge in [-0.15, -0.1) is 0 Å². The van der Waals surface area contributed by atoms with Crippen LogP contribution >= 0.6 is 0 Å². The van der Waals surface area contributed by atoms with Gasteiger partial charge in [0.05, 0.1) is 0 Å². The van der Waals surface area contributed by atoms with Crippen LogP contribution in [0.4, 0.5) is 22.0 Å². The van der Waals surface area contributed by atoms with Gasteiger partial charge in [-0.2, -0.15) is 8.78 Å². The molecule has 0 fully saturated rings. The summed E-state index contributed by atoms with van der Waals surface area (Å²) in [5.41, 5.74) is 0.0353. The van der Waals surface area contributed by atoms with E-state index in [1.807, 2.05) is 0 Å². The molecule has 0 aliphatic heterocycles. The van der Waals surface area contributed by atoms with E-state index in [2.05, 4.69) is 9.89 Å². The summed E-state index contributed by atoms with van der Waals surface area (Å²) in [6.45, 7) is 0. The van der Waals surface area contributed by atoms with Gasteiger partial charge in [-0.25, -0.2) is 18.0 Å². The molecule has 9 heteroatoms. The number of esters is 1. The summed E-state index contributed by atoms with van der Waals surface area (Å²) in [6.07, 6.45) is 0. The van der Waals surface area contributed by atoms with Crippen molar-refractivity contribution in [3.05, 3.63) is 71.2 Å². The number of hydrogen-bond donors (Lipinski definition) is 0. The largest absolute Gasteiger partial charge is 0.415 e. The van der Waals surface area contributed by atoms with Crippen LogP contribution in [0.1, 0.15) is 10.5 Å². The molecule has 25 heavy (non-hydrogen) atoms. The lowest BCUT2D eigenvalue weighted by Crippen LogP contribution is -2.14. The first kappa shape index (κ1) is 16.6. The van der Waals surface area contributed by atoms with Gasteiger partial charge in [-0.05, 0) is 0 Å². The van der Waals surface area contributed by atoms with Crippen molar-refractivity contribution in [2.24, 2.45) is 0 Å². The molecule has 0 radical (unpaired) electrons. The van der Waals surface area contributed by atoms with E-state index in [1.54, 1.807) is 30.3 Å². The summed E-state index contributed by atoms with van der Waals surface area (Å²) in [5, 5.41) is 3.35. The average Bonchev–Trinajstić information content (AvgIpc) is 3.13. The summed E-state index contributed by atoms with van der Waals surface area (Å²) in [4.78, 5) is 11.9. The number of hydrogen-bond acceptors (Lipinski definition) is 4. The van der Waals surface area contributed by atoms with Gasteiger partial charge in [0.15, 0.2) is 11.5 Å². The number of nitrogens with zero attached hydrogens (tertiary/aromatic N) is 1. The topological polar surface area (TPSA) is 52.3 Å². The van der Waals surface area contributed by atoms with E-state index in [1.165, 1.54) is 0 Å². The monoisotopic (exact) mass is 355 g/mol. The summed E-state index contributed by atoms with van der Waals surface area (Å²) in [5.74, 6) is -14.4. The minimum atomic E-state index is -2.36. The van der Waals surface area contributed by atoms with E-state index in [-0.39, 0.29) is 5.76 Å². The Kier molecular flexibility index (Phi) is 4.22. The van der Waals surface area contributed by atoms with Crippen LogP contribution in [0, 0.1) is 29.1 Å². The lowest BCUT2D eigenvalue weighted by Gasteiger charge is -2.07. The minimum Gasteiger partial charge on any atom is -0.415 e. The Bertz CT molecular complexity index is 927. The van der Waals surface area contributed by atoms with Crippen molar-refractivity contribution < 1.29 is 36.0 Å². The Morgan fingerprint density at radius 3 is 2.04 bits per heavy atom. The molecule has 3 aromatic rings. The number of benzene rings is 2. The molecule has 3 rings (SSSR count). The number of ether oxygens (including phenoxy) is 1. The molecule has 2 aromatic carbocycles. The molecule has 0 aliphatic rings. The predicted octanol–water partition coefficient (Wildman–Crippen LogP) is 4.26. The molecule has 0 amide bonds. The minimum absolute atomic E-state index is 0.143. The average molecular weight is 355 g/mol. The van der Waals surface area contributed by atoms with E-state index < -0.39 is 46.5 Å². The second-order valence-electron chi connectivity index (χ2n) is 4.73. The molecule has 0 aliphatic carbocycles. The smallest absolute Gasteiger partial charge is 0.366 e. The molecule has 0 saturated carbocycles. The fraction of sp³-hybridized carbons (Fsp3) is 0. The van der Waals surface area contributed by atoms with Gasteiger partial charge in [-0.1, -0.05) is 35.5 Å². The van der Waals surface area contributed by atoms with Gasteiger partial charge in [0.25, 0.3) is 0 Å². The zero-order valence-electron chi connectivity index (χ0n) is 12.0. The number of carbonyl (C=O) groups excluding carboxylic acids is 1. The van der Waals surface area contributed by atoms with Gasteiger partial charge < -0.3 is 9.26 Å². The summed E-state index contributed by atoms with van der Waals surface area (Å²) < 4.78 is 75.3. The second kappa shape index (κ2) is 6.34. The van der Waals surface area contributed by atoms with Crippen LogP contribution in [0.15, 0.2) is 40.9 Å². The van der Waals surface area contributed by atoms with Crippen molar-refractivity contribution in [2.75, 3.05) is 0 Å². The maximum Gasteiger partial charge on any atom is 0.366 e. The van der Waals surface area contributed by atoms with Crippen LogP contribution in [-0.4, -0.2) is 11.1 Å². The van der Waals surface area contributed by atoms with Gasteiger partial charge in [-0.3, -0.25) is 0 Å². The maximum atomic E-state index is 13.5. The maximum absolute atomic E-state index is 13.5. The Morgan fingerprint density at radius 1 is 0.880 bits per heavy atom. The molecule has 0 saturated heterocycles. The number of carbonyl (C=O) groups is 1. The second-order valence-corrected chi connectivity index (χ2v) is 4.73. The van der Waals surface area contributed by atoms with E-state index >= 15 is 0 Å². The first-order chi connectivity index (χ1) is 11.9. The van der Waals surface area contributed by atoms with Crippen LogP contribution in [0.2, 0.25) is 0 Å². The summed E-state index contributed by atoms with van der Waals surface area (Å²) in [6, 6.07) is 9.48. The molecule has 0 N–H and O–H groups in total. The van der Waals surface area contributed by atoms with Gasteiger partial charge in [0, 0.05) is 11.6 Å². The predicted molar refractivity (Wildman–Crippen MR) is 73.1 cm³/mol. The molecule has 4 nitrogen and oxygen atoms in total. The highest BCUT2D eigenvalue weighted by molar-refractivity contribution is 5.90. The Labute approximate surface area is 136 Å². The van der Waals surface area contributed by atoms with E-state index in [0.717, 1.165) is 6.07 Å². The van der Waals surface area contributed by atoms with Crippen LogP contribution in [0.25, 0.3) is 11.3 Å². The fourth-order valence-electron chi connectivity index (χ4n) is 1.93. The van der Waals surface area contributed by atoms with Gasteiger partial charge in [0.2, 0.25) is 34.8 Å². The summed E-state index contributed by atoms with van der Waals surface area (Å²) in [7, 11) is 0. The molecule has 0 unspecified atom stereocenters. The number of aromatic nitrogens is 1. The molecule has 128 valence electrons. The third-order valence-corrected chi connectivity index (χ3v) is 3.14. The molecular formula is C16H6F5NO3. The van der Waals surface area contributed by atoms with Crippen molar-refractivity contribution in [3.63, 3.8) is 0 Å².